The summed E-state index contributed by atoms with van der Waals surface area (Å²) in [6.45, 7) is 8.84. The summed E-state index contributed by atoms with van der Waals surface area (Å²) in [5.74, 6) is 1.42. The first-order valence-electron chi connectivity index (χ1n) is 15.8. The molecule has 0 spiro atoms. The van der Waals surface area contributed by atoms with Crippen molar-refractivity contribution in [1.29, 1.82) is 0 Å². The van der Waals surface area contributed by atoms with Crippen LogP contribution < -0.4 is 10.6 Å². The van der Waals surface area contributed by atoms with Gasteiger partial charge in [-0.3, -0.25) is 9.59 Å². The van der Waals surface area contributed by atoms with Gasteiger partial charge in [-0.1, -0.05) is 74.8 Å². The number of carbonyl (C=O) groups is 2. The second-order valence-corrected chi connectivity index (χ2v) is 14.0. The van der Waals surface area contributed by atoms with Crippen LogP contribution in [0.1, 0.15) is 81.8 Å². The first kappa shape index (κ1) is 30.2. The van der Waals surface area contributed by atoms with E-state index in [0.717, 1.165) is 29.2 Å². The van der Waals surface area contributed by atoms with Crippen LogP contribution in [0.5, 0.6) is 0 Å². The molecule has 3 aliphatic rings. The van der Waals surface area contributed by atoms with Crippen LogP contribution in [0.4, 0.5) is 0 Å². The van der Waals surface area contributed by atoms with Gasteiger partial charge in [0.05, 0.1) is 30.1 Å². The number of fused-ring (bicyclic) bond motifs is 5. The molecule has 1 aliphatic heterocycles. The van der Waals surface area contributed by atoms with Crippen molar-refractivity contribution in [2.75, 3.05) is 0 Å². The number of benzene rings is 3. The van der Waals surface area contributed by atoms with Gasteiger partial charge in [0.25, 0.3) is 5.91 Å². The van der Waals surface area contributed by atoms with Gasteiger partial charge in [0.2, 0.25) is 5.91 Å². The molecule has 226 valence electrons. The van der Waals surface area contributed by atoms with E-state index in [-0.39, 0.29) is 35.9 Å². The molecule has 3 fully saturated rings. The second kappa shape index (κ2) is 12.3. The fourth-order valence-corrected chi connectivity index (χ4v) is 8.06. The lowest BCUT2D eigenvalue weighted by atomic mass is 9.72. The first-order valence-corrected chi connectivity index (χ1v) is 16.1. The third-order valence-electron chi connectivity index (χ3n) is 9.93. The molecular formula is C35H42BClN2O4. The lowest BCUT2D eigenvalue weighted by molar-refractivity contribution is -0.122. The topological polar surface area (TPSA) is 76.7 Å². The zero-order chi connectivity index (χ0) is 30.3. The van der Waals surface area contributed by atoms with Gasteiger partial charge in [-0.2, -0.15) is 0 Å². The standard InChI is InChI=1S/C35H42BClN2O4/c1-21(2)14-32(36-42-31-17-23-15-22(3)29(16-23)35(31,4)43-36)39-33(40)20-30(26-10-7-11-28(37)19-26)38-34(41)27-13-12-24-8-5-6-9-25(24)18-27/h5-13,18-19,21-23,29-32H,14-17,20H2,1-4H3,(H,38,41)(H,39,40)/t22?,23?,29?,30?,31-,32+,35+/m1/s1. The summed E-state index contributed by atoms with van der Waals surface area (Å²) in [4.78, 5) is 27.2. The van der Waals surface area contributed by atoms with Crippen LogP contribution >= 0.6 is 11.6 Å². The van der Waals surface area contributed by atoms with Gasteiger partial charge < -0.3 is 19.9 Å². The number of carbonyl (C=O) groups excluding carboxylic acids is 2. The lowest BCUT2D eigenvalue weighted by Gasteiger charge is -2.41. The molecule has 7 atom stereocenters. The molecule has 6 rings (SSSR count). The molecule has 4 unspecified atom stereocenters. The molecule has 43 heavy (non-hydrogen) atoms. The minimum atomic E-state index is -0.570. The van der Waals surface area contributed by atoms with E-state index in [0.29, 0.717) is 34.3 Å². The van der Waals surface area contributed by atoms with Crippen molar-refractivity contribution in [2.45, 2.75) is 83.5 Å². The van der Waals surface area contributed by atoms with Gasteiger partial charge in [-0.15, -0.1) is 0 Å². The largest absolute Gasteiger partial charge is 0.481 e. The van der Waals surface area contributed by atoms with E-state index in [1.165, 1.54) is 12.8 Å². The molecule has 2 aliphatic carbocycles. The highest BCUT2D eigenvalue weighted by molar-refractivity contribution is 6.47. The van der Waals surface area contributed by atoms with E-state index in [1.54, 1.807) is 12.1 Å². The quantitative estimate of drug-likeness (QED) is 0.256. The highest BCUT2D eigenvalue weighted by atomic mass is 35.5. The summed E-state index contributed by atoms with van der Waals surface area (Å²) >= 11 is 6.34. The minimum absolute atomic E-state index is 0.0539. The summed E-state index contributed by atoms with van der Waals surface area (Å²) in [7, 11) is -0.496. The molecule has 3 aromatic rings. The Bertz CT molecular complexity index is 1500. The maximum absolute atomic E-state index is 13.7. The third-order valence-corrected chi connectivity index (χ3v) is 10.2. The summed E-state index contributed by atoms with van der Waals surface area (Å²) in [5.41, 5.74) is 0.985. The molecule has 2 N–H and O–H groups in total. The molecular weight excluding hydrogens is 559 g/mol. The van der Waals surface area contributed by atoms with Gasteiger partial charge in [0.1, 0.15) is 0 Å². The van der Waals surface area contributed by atoms with Crippen LogP contribution in [0.15, 0.2) is 66.7 Å². The van der Waals surface area contributed by atoms with Crippen LogP contribution in [0.3, 0.4) is 0 Å². The first-order chi connectivity index (χ1) is 20.6. The summed E-state index contributed by atoms with van der Waals surface area (Å²) in [6, 6.07) is 20.3. The molecule has 3 aromatic carbocycles. The monoisotopic (exact) mass is 600 g/mol. The Kier molecular flexibility index (Phi) is 8.60. The number of nitrogens with one attached hydrogen (secondary N) is 2. The number of amides is 2. The maximum atomic E-state index is 13.7. The average Bonchev–Trinajstić information content (AvgIpc) is 3.50. The number of hydrogen-bond acceptors (Lipinski definition) is 4. The van der Waals surface area contributed by atoms with Crippen LogP contribution in [-0.4, -0.2) is 36.6 Å². The van der Waals surface area contributed by atoms with Gasteiger partial charge in [0.15, 0.2) is 0 Å². The minimum Gasteiger partial charge on any atom is -0.404 e. The summed E-state index contributed by atoms with van der Waals surface area (Å²) in [6.07, 6.45) is 4.31. The fourth-order valence-electron chi connectivity index (χ4n) is 7.86. The normalized spacial score (nSPS) is 27.6. The molecule has 1 saturated heterocycles. The Morgan fingerprint density at radius 2 is 1.79 bits per heavy atom. The maximum Gasteiger partial charge on any atom is 0.481 e. The zero-order valence-corrected chi connectivity index (χ0v) is 26.3. The predicted molar refractivity (Wildman–Crippen MR) is 172 cm³/mol. The molecule has 6 nitrogen and oxygen atoms in total. The van der Waals surface area contributed by atoms with Gasteiger partial charge in [-0.25, -0.2) is 0 Å². The van der Waals surface area contributed by atoms with Crippen LogP contribution in [0.25, 0.3) is 10.8 Å². The molecule has 8 heteroatoms. The highest BCUT2D eigenvalue weighted by Crippen LogP contribution is 2.55. The van der Waals surface area contributed by atoms with Gasteiger partial charge >= 0.3 is 7.12 Å². The summed E-state index contributed by atoms with van der Waals surface area (Å²) in [5, 5.41) is 8.95. The van der Waals surface area contributed by atoms with E-state index in [4.69, 9.17) is 20.9 Å². The van der Waals surface area contributed by atoms with Crippen molar-refractivity contribution in [2.24, 2.45) is 23.7 Å². The SMILES string of the molecule is CC(C)C[C@H](NC(=O)CC(NC(=O)c1ccc2ccccc2c1)c1cccc(Cl)c1)B1O[C@@H]2CC3CC(C)C(C3)[C@]2(C)O1. The Balaban J connectivity index is 1.19. The summed E-state index contributed by atoms with van der Waals surface area (Å²) < 4.78 is 13.4. The Labute approximate surface area is 260 Å². The highest BCUT2D eigenvalue weighted by Gasteiger charge is 2.61. The van der Waals surface area contributed by atoms with Crippen LogP contribution in [0, 0.1) is 23.7 Å². The Morgan fingerprint density at radius 3 is 2.56 bits per heavy atom. The average molecular weight is 601 g/mol. The van der Waals surface area contributed by atoms with Crippen LogP contribution in [-0.2, 0) is 14.1 Å². The Morgan fingerprint density at radius 1 is 1.00 bits per heavy atom. The Hall–Kier alpha value is -2.87. The van der Waals surface area contributed by atoms with E-state index in [1.807, 2.05) is 54.6 Å². The number of hydrogen-bond donors (Lipinski definition) is 2. The van der Waals surface area contributed by atoms with E-state index in [9.17, 15) is 9.59 Å². The van der Waals surface area contributed by atoms with Gasteiger partial charge in [-0.05, 0) is 96.9 Å². The zero-order valence-electron chi connectivity index (χ0n) is 25.5. The van der Waals surface area contributed by atoms with Crippen LogP contribution in [0.2, 0.25) is 5.02 Å². The van der Waals surface area contributed by atoms with E-state index >= 15 is 0 Å². The van der Waals surface area contributed by atoms with Crippen molar-refractivity contribution >= 4 is 41.3 Å². The van der Waals surface area contributed by atoms with Crippen molar-refractivity contribution in [1.82, 2.24) is 10.6 Å². The van der Waals surface area contributed by atoms with Crippen molar-refractivity contribution in [3.8, 4) is 0 Å². The molecule has 1 heterocycles. The smallest absolute Gasteiger partial charge is 0.404 e. The van der Waals surface area contributed by atoms with Crippen molar-refractivity contribution < 1.29 is 18.9 Å². The van der Waals surface area contributed by atoms with Crippen molar-refractivity contribution in [3.63, 3.8) is 0 Å². The van der Waals surface area contributed by atoms with Crippen molar-refractivity contribution in [3.05, 3.63) is 82.9 Å². The molecule has 2 amide bonds. The molecule has 2 saturated carbocycles. The molecule has 2 bridgehead atoms. The lowest BCUT2D eigenvalue weighted by Crippen LogP contribution is -2.51. The predicted octanol–water partition coefficient (Wildman–Crippen LogP) is 7.15. The van der Waals surface area contributed by atoms with Gasteiger partial charge in [0, 0.05) is 10.6 Å². The molecule has 0 aromatic heterocycles. The number of halogens is 1. The van der Waals surface area contributed by atoms with E-state index in [2.05, 4.69) is 38.3 Å². The number of rotatable bonds is 9. The molecule has 0 radical (unpaired) electrons. The fraction of sp³-hybridized carbons (Fsp3) is 0.486. The van der Waals surface area contributed by atoms with E-state index < -0.39 is 13.2 Å². The third kappa shape index (κ3) is 6.36. The second-order valence-electron chi connectivity index (χ2n) is 13.6.